The van der Waals surface area contributed by atoms with Crippen molar-refractivity contribution >= 4 is 35.3 Å². The Morgan fingerprint density at radius 2 is 1.53 bits per heavy atom. The first-order valence-electron chi connectivity index (χ1n) is 4.52. The van der Waals surface area contributed by atoms with Crippen LogP contribution in [0, 0.1) is 0 Å². The van der Waals surface area contributed by atoms with Crippen LogP contribution in [-0.4, -0.2) is 13.2 Å². The largest absolute Gasteiger partial charge is 0.480 e. The van der Waals surface area contributed by atoms with Crippen LogP contribution in [0.5, 0.6) is 0 Å². The van der Waals surface area contributed by atoms with Gasteiger partial charge in [-0.2, -0.15) is 0 Å². The van der Waals surface area contributed by atoms with Crippen molar-refractivity contribution in [1.29, 1.82) is 0 Å². The Morgan fingerprint density at radius 1 is 0.933 bits per heavy atom. The van der Waals surface area contributed by atoms with E-state index < -0.39 is 0 Å². The summed E-state index contributed by atoms with van der Waals surface area (Å²) in [5.41, 5.74) is 1.24. The van der Waals surface area contributed by atoms with E-state index in [-0.39, 0.29) is 0 Å². The SMILES string of the molecule is C1=CC(=C2SC3=C(OCCO3)S2)C=CS1. The van der Waals surface area contributed by atoms with Crippen molar-refractivity contribution in [3.8, 4) is 0 Å². The van der Waals surface area contributed by atoms with Crippen molar-refractivity contribution in [2.24, 2.45) is 0 Å². The molecule has 0 amide bonds. The third-order valence-corrected chi connectivity index (χ3v) is 5.01. The summed E-state index contributed by atoms with van der Waals surface area (Å²) in [7, 11) is 0. The molecule has 3 aliphatic heterocycles. The van der Waals surface area contributed by atoms with Crippen molar-refractivity contribution in [3.05, 3.63) is 43.0 Å². The van der Waals surface area contributed by atoms with Crippen LogP contribution in [0.4, 0.5) is 0 Å². The maximum Gasteiger partial charge on any atom is 0.208 e. The highest BCUT2D eigenvalue weighted by Gasteiger charge is 2.28. The normalized spacial score (nSPS) is 24.0. The van der Waals surface area contributed by atoms with E-state index in [4.69, 9.17) is 9.47 Å². The van der Waals surface area contributed by atoms with Crippen molar-refractivity contribution in [2.45, 2.75) is 0 Å². The fraction of sp³-hybridized carbons (Fsp3) is 0.200. The van der Waals surface area contributed by atoms with Gasteiger partial charge in [0, 0.05) is 0 Å². The molecule has 3 rings (SSSR count). The zero-order valence-corrected chi connectivity index (χ0v) is 10.2. The van der Waals surface area contributed by atoms with Crippen LogP contribution in [0.1, 0.15) is 0 Å². The van der Waals surface area contributed by atoms with Crippen molar-refractivity contribution in [2.75, 3.05) is 13.2 Å². The number of thioether (sulfide) groups is 3. The van der Waals surface area contributed by atoms with Crippen molar-refractivity contribution in [1.82, 2.24) is 0 Å². The van der Waals surface area contributed by atoms with E-state index in [2.05, 4.69) is 23.0 Å². The summed E-state index contributed by atoms with van der Waals surface area (Å²) in [5, 5.41) is 6.02. The lowest BCUT2D eigenvalue weighted by atomic mass is 10.3. The van der Waals surface area contributed by atoms with Gasteiger partial charge in [0.15, 0.2) is 0 Å². The fourth-order valence-electron chi connectivity index (χ4n) is 1.30. The summed E-state index contributed by atoms with van der Waals surface area (Å²) in [6.07, 6.45) is 4.25. The number of rotatable bonds is 0. The highest BCUT2D eigenvalue weighted by Crippen LogP contribution is 2.52. The van der Waals surface area contributed by atoms with E-state index in [1.54, 1.807) is 35.3 Å². The number of allylic oxidation sites excluding steroid dienone is 3. The first-order chi connectivity index (χ1) is 7.43. The quantitative estimate of drug-likeness (QED) is 0.657. The molecule has 3 heterocycles. The molecule has 5 heteroatoms. The average molecular weight is 256 g/mol. The molecule has 3 aliphatic rings. The van der Waals surface area contributed by atoms with E-state index in [9.17, 15) is 0 Å². The van der Waals surface area contributed by atoms with Gasteiger partial charge in [0.25, 0.3) is 0 Å². The van der Waals surface area contributed by atoms with Crippen LogP contribution in [0.3, 0.4) is 0 Å². The second kappa shape index (κ2) is 4.23. The maximum absolute atomic E-state index is 5.53. The van der Waals surface area contributed by atoms with Gasteiger partial charge in [-0.15, -0.1) is 11.8 Å². The van der Waals surface area contributed by atoms with E-state index >= 15 is 0 Å². The lowest BCUT2D eigenvalue weighted by Crippen LogP contribution is -2.08. The van der Waals surface area contributed by atoms with Crippen LogP contribution in [0.15, 0.2) is 43.0 Å². The van der Waals surface area contributed by atoms with Gasteiger partial charge in [-0.25, -0.2) is 0 Å². The molecule has 0 aliphatic carbocycles. The van der Waals surface area contributed by atoms with Crippen LogP contribution in [-0.2, 0) is 9.47 Å². The number of ether oxygens (including phenoxy) is 2. The summed E-state index contributed by atoms with van der Waals surface area (Å²) in [6.45, 7) is 1.33. The predicted octanol–water partition coefficient (Wildman–Crippen LogP) is 3.63. The van der Waals surface area contributed by atoms with Crippen LogP contribution >= 0.6 is 35.3 Å². The topological polar surface area (TPSA) is 18.5 Å². The Kier molecular flexibility index (Phi) is 2.77. The minimum absolute atomic E-state index is 0.663. The van der Waals surface area contributed by atoms with Crippen molar-refractivity contribution < 1.29 is 9.47 Å². The Hall–Kier alpha value is -0.390. The molecule has 0 radical (unpaired) electrons. The smallest absolute Gasteiger partial charge is 0.208 e. The highest BCUT2D eigenvalue weighted by atomic mass is 32.2. The zero-order chi connectivity index (χ0) is 10.1. The fourth-order valence-corrected chi connectivity index (χ4v) is 4.12. The molecule has 0 aromatic carbocycles. The lowest BCUT2D eigenvalue weighted by Gasteiger charge is -2.13. The molecule has 0 aromatic heterocycles. The Bertz CT molecular complexity index is 373. The molecule has 15 heavy (non-hydrogen) atoms. The Morgan fingerprint density at radius 3 is 2.13 bits per heavy atom. The third-order valence-electron chi connectivity index (χ3n) is 1.98. The monoisotopic (exact) mass is 256 g/mol. The summed E-state index contributed by atoms with van der Waals surface area (Å²) in [6, 6.07) is 0. The molecule has 0 aromatic rings. The second-order valence-electron chi connectivity index (χ2n) is 2.96. The molecule has 2 nitrogen and oxygen atoms in total. The van der Waals surface area contributed by atoms with E-state index in [0.29, 0.717) is 13.2 Å². The molecule has 0 fully saturated rings. The van der Waals surface area contributed by atoms with E-state index in [1.165, 1.54) is 9.81 Å². The molecule has 0 unspecified atom stereocenters. The molecule has 0 spiro atoms. The van der Waals surface area contributed by atoms with Gasteiger partial charge in [-0.3, -0.25) is 0 Å². The summed E-state index contributed by atoms with van der Waals surface area (Å²) >= 11 is 5.02. The molecular weight excluding hydrogens is 248 g/mol. The van der Waals surface area contributed by atoms with Gasteiger partial charge in [-0.05, 0) is 52.1 Å². The number of hydrogen-bond acceptors (Lipinski definition) is 5. The highest BCUT2D eigenvalue weighted by molar-refractivity contribution is 8.28. The Labute approximate surface area is 101 Å². The van der Waals surface area contributed by atoms with E-state index in [0.717, 1.165) is 10.2 Å². The van der Waals surface area contributed by atoms with Crippen molar-refractivity contribution in [3.63, 3.8) is 0 Å². The van der Waals surface area contributed by atoms with Gasteiger partial charge in [0.2, 0.25) is 10.2 Å². The molecule has 0 saturated heterocycles. The Balaban J connectivity index is 1.85. The summed E-state index contributed by atoms with van der Waals surface area (Å²) in [4.78, 5) is 0. The average Bonchev–Trinajstić information content (AvgIpc) is 2.74. The third kappa shape index (κ3) is 1.96. The molecule has 0 bridgehead atoms. The summed E-state index contributed by atoms with van der Waals surface area (Å²) in [5.74, 6) is 0. The van der Waals surface area contributed by atoms with Gasteiger partial charge in [-0.1, -0.05) is 0 Å². The van der Waals surface area contributed by atoms with Crippen LogP contribution in [0.2, 0.25) is 0 Å². The summed E-state index contributed by atoms with van der Waals surface area (Å²) < 4.78 is 12.3. The van der Waals surface area contributed by atoms with Gasteiger partial charge in [0.05, 0.1) is 4.24 Å². The zero-order valence-electron chi connectivity index (χ0n) is 7.76. The van der Waals surface area contributed by atoms with E-state index in [1.807, 2.05) is 0 Å². The van der Waals surface area contributed by atoms with Gasteiger partial charge >= 0.3 is 0 Å². The number of hydrogen-bond donors (Lipinski definition) is 0. The second-order valence-corrected chi connectivity index (χ2v) is 6.00. The lowest BCUT2D eigenvalue weighted by molar-refractivity contribution is 0.0949. The molecule has 0 atom stereocenters. The molecular formula is C10H8O2S3. The minimum Gasteiger partial charge on any atom is -0.480 e. The maximum atomic E-state index is 5.53. The van der Waals surface area contributed by atoms with Gasteiger partial charge in [0.1, 0.15) is 13.2 Å². The molecule has 78 valence electrons. The standard InChI is InChI=1S/C10H8O2S3/c1-5-13-6-2-7(1)10-14-8-9(15-10)12-4-3-11-8/h1-2,5-6H,3-4H2. The van der Waals surface area contributed by atoms with Crippen LogP contribution in [0.25, 0.3) is 0 Å². The first kappa shape index (κ1) is 9.81. The molecule has 0 saturated carbocycles. The van der Waals surface area contributed by atoms with Crippen LogP contribution < -0.4 is 0 Å². The predicted molar refractivity (Wildman–Crippen MR) is 67.0 cm³/mol. The molecule has 0 N–H and O–H groups in total. The van der Waals surface area contributed by atoms with Gasteiger partial charge < -0.3 is 9.47 Å². The first-order valence-corrected chi connectivity index (χ1v) is 7.09. The minimum atomic E-state index is 0.663.